The van der Waals surface area contributed by atoms with E-state index in [1.165, 1.54) is 5.56 Å². The van der Waals surface area contributed by atoms with Crippen LogP contribution in [-0.2, 0) is 9.47 Å². The number of guanidine groups is 1. The van der Waals surface area contributed by atoms with Gasteiger partial charge >= 0.3 is 0 Å². The van der Waals surface area contributed by atoms with Crippen molar-refractivity contribution < 1.29 is 9.47 Å². The van der Waals surface area contributed by atoms with E-state index in [1.807, 2.05) is 0 Å². The summed E-state index contributed by atoms with van der Waals surface area (Å²) in [5.41, 5.74) is 1.34. The van der Waals surface area contributed by atoms with E-state index < -0.39 is 0 Å². The van der Waals surface area contributed by atoms with Crippen LogP contribution in [0.2, 0.25) is 0 Å². The van der Waals surface area contributed by atoms with Crippen LogP contribution < -0.4 is 10.6 Å². The molecule has 1 saturated heterocycles. The van der Waals surface area contributed by atoms with Crippen molar-refractivity contribution >= 4 is 29.9 Å². The lowest BCUT2D eigenvalue weighted by molar-refractivity contribution is -0.0318. The molecule has 1 aliphatic heterocycles. The van der Waals surface area contributed by atoms with Gasteiger partial charge in [0.2, 0.25) is 0 Å². The Hall–Kier alpha value is -0.860. The highest BCUT2D eigenvalue weighted by Gasteiger charge is 2.15. The summed E-state index contributed by atoms with van der Waals surface area (Å²) in [5.74, 6) is 1.30. The van der Waals surface area contributed by atoms with Crippen LogP contribution >= 0.6 is 24.0 Å². The van der Waals surface area contributed by atoms with E-state index in [4.69, 9.17) is 14.5 Å². The third-order valence-corrected chi connectivity index (χ3v) is 4.88. The molecule has 2 atom stereocenters. The molecule has 1 aromatic carbocycles. The lowest BCUT2D eigenvalue weighted by Crippen LogP contribution is -2.44. The maximum atomic E-state index is 5.91. The van der Waals surface area contributed by atoms with Crippen molar-refractivity contribution in [3.8, 4) is 0 Å². The van der Waals surface area contributed by atoms with E-state index in [0.29, 0.717) is 18.1 Å². The summed E-state index contributed by atoms with van der Waals surface area (Å²) in [6.45, 7) is 10.6. The molecule has 2 unspecified atom stereocenters. The highest BCUT2D eigenvalue weighted by molar-refractivity contribution is 14.0. The zero-order valence-corrected chi connectivity index (χ0v) is 19.3. The van der Waals surface area contributed by atoms with E-state index in [9.17, 15) is 0 Å². The Kier molecular flexibility index (Phi) is 12.7. The summed E-state index contributed by atoms with van der Waals surface area (Å²) in [6, 6.07) is 10.9. The van der Waals surface area contributed by atoms with E-state index in [2.05, 4.69) is 61.7 Å². The van der Waals surface area contributed by atoms with Gasteiger partial charge in [0.1, 0.15) is 0 Å². The smallest absolute Gasteiger partial charge is 0.191 e. The zero-order chi connectivity index (χ0) is 18.6. The number of aliphatic imine (C=N–C) groups is 1. The molecule has 1 aliphatic rings. The van der Waals surface area contributed by atoms with Crippen molar-refractivity contribution in [3.63, 3.8) is 0 Å². The predicted molar refractivity (Wildman–Crippen MR) is 123 cm³/mol. The second kappa shape index (κ2) is 14.2. The Morgan fingerprint density at radius 3 is 2.59 bits per heavy atom. The Bertz CT molecular complexity index is 521. The standard InChI is InChI=1S/C21H35N3O2.HI/c1-4-22-21(23-13-8-14-26-20-11-15-25-16-12-20)24-18(3)17(2)19-9-6-5-7-10-19;/h5-7,9-10,17-18,20H,4,8,11-16H2,1-3H3,(H2,22,23,24);1H. The van der Waals surface area contributed by atoms with Gasteiger partial charge in [-0.1, -0.05) is 37.3 Å². The molecule has 0 saturated carbocycles. The summed E-state index contributed by atoms with van der Waals surface area (Å²) in [4.78, 5) is 4.70. The Morgan fingerprint density at radius 2 is 1.93 bits per heavy atom. The predicted octanol–water partition coefficient (Wildman–Crippen LogP) is 3.94. The monoisotopic (exact) mass is 489 g/mol. The Labute approximate surface area is 181 Å². The summed E-state index contributed by atoms with van der Waals surface area (Å²) >= 11 is 0. The minimum absolute atomic E-state index is 0. The molecular weight excluding hydrogens is 453 g/mol. The van der Waals surface area contributed by atoms with E-state index in [1.54, 1.807) is 0 Å². The Balaban J connectivity index is 0.00000364. The largest absolute Gasteiger partial charge is 0.381 e. The molecule has 0 amide bonds. The number of halogens is 1. The molecule has 154 valence electrons. The SMILES string of the molecule is CCNC(=NCCCOC1CCOCC1)NC(C)C(C)c1ccccc1.I. The van der Waals surface area contributed by atoms with Crippen LogP contribution in [0.3, 0.4) is 0 Å². The molecular formula is C21H36IN3O2. The quantitative estimate of drug-likeness (QED) is 0.239. The van der Waals surface area contributed by atoms with Crippen LogP contribution in [0.15, 0.2) is 35.3 Å². The summed E-state index contributed by atoms with van der Waals surface area (Å²) in [6.07, 6.45) is 3.34. The molecule has 2 rings (SSSR count). The van der Waals surface area contributed by atoms with Crippen molar-refractivity contribution in [2.75, 3.05) is 32.9 Å². The number of rotatable bonds is 9. The number of nitrogens with one attached hydrogen (secondary N) is 2. The molecule has 5 nitrogen and oxygen atoms in total. The summed E-state index contributed by atoms with van der Waals surface area (Å²) in [7, 11) is 0. The van der Waals surface area contributed by atoms with Gasteiger partial charge in [-0.2, -0.15) is 0 Å². The molecule has 0 aromatic heterocycles. The van der Waals surface area contributed by atoms with Crippen molar-refractivity contribution in [1.82, 2.24) is 10.6 Å². The van der Waals surface area contributed by atoms with Crippen LogP contribution in [-0.4, -0.2) is 51.0 Å². The normalized spacial score (nSPS) is 17.7. The van der Waals surface area contributed by atoms with Crippen LogP contribution in [0.25, 0.3) is 0 Å². The molecule has 0 radical (unpaired) electrons. The van der Waals surface area contributed by atoms with Gasteiger partial charge in [0.25, 0.3) is 0 Å². The van der Waals surface area contributed by atoms with Gasteiger partial charge in [-0.15, -0.1) is 24.0 Å². The average molecular weight is 489 g/mol. The molecule has 1 fully saturated rings. The highest BCUT2D eigenvalue weighted by Crippen LogP contribution is 2.18. The van der Waals surface area contributed by atoms with Crippen LogP contribution in [0.5, 0.6) is 0 Å². The minimum Gasteiger partial charge on any atom is -0.381 e. The zero-order valence-electron chi connectivity index (χ0n) is 16.9. The van der Waals surface area contributed by atoms with E-state index in [0.717, 1.165) is 58.1 Å². The van der Waals surface area contributed by atoms with Crippen LogP contribution in [0.1, 0.15) is 51.5 Å². The van der Waals surface area contributed by atoms with Crippen molar-refractivity contribution in [3.05, 3.63) is 35.9 Å². The van der Waals surface area contributed by atoms with Crippen LogP contribution in [0, 0.1) is 0 Å². The first kappa shape index (κ1) is 24.2. The van der Waals surface area contributed by atoms with Gasteiger partial charge in [0.05, 0.1) is 6.10 Å². The topological polar surface area (TPSA) is 54.9 Å². The lowest BCUT2D eigenvalue weighted by atomic mass is 9.94. The maximum Gasteiger partial charge on any atom is 0.191 e. The minimum atomic E-state index is 0. The number of benzene rings is 1. The van der Waals surface area contributed by atoms with Gasteiger partial charge < -0.3 is 20.1 Å². The van der Waals surface area contributed by atoms with E-state index >= 15 is 0 Å². The fourth-order valence-electron chi connectivity index (χ4n) is 3.05. The second-order valence-corrected chi connectivity index (χ2v) is 6.93. The number of hydrogen-bond donors (Lipinski definition) is 2. The second-order valence-electron chi connectivity index (χ2n) is 6.93. The van der Waals surface area contributed by atoms with Crippen molar-refractivity contribution in [2.24, 2.45) is 4.99 Å². The van der Waals surface area contributed by atoms with Crippen molar-refractivity contribution in [2.45, 2.75) is 58.1 Å². The van der Waals surface area contributed by atoms with Gasteiger partial charge in [0.15, 0.2) is 5.96 Å². The van der Waals surface area contributed by atoms with Gasteiger partial charge in [0, 0.05) is 44.9 Å². The first-order chi connectivity index (χ1) is 12.7. The number of hydrogen-bond acceptors (Lipinski definition) is 3. The lowest BCUT2D eigenvalue weighted by Gasteiger charge is -2.24. The summed E-state index contributed by atoms with van der Waals surface area (Å²) < 4.78 is 11.3. The molecule has 2 N–H and O–H groups in total. The third kappa shape index (κ3) is 9.25. The number of ether oxygens (including phenoxy) is 2. The third-order valence-electron chi connectivity index (χ3n) is 4.88. The fourth-order valence-corrected chi connectivity index (χ4v) is 3.05. The van der Waals surface area contributed by atoms with Gasteiger partial charge in [-0.3, -0.25) is 4.99 Å². The number of nitrogens with zero attached hydrogens (tertiary/aromatic N) is 1. The Morgan fingerprint density at radius 1 is 1.22 bits per heavy atom. The molecule has 1 heterocycles. The highest BCUT2D eigenvalue weighted by atomic mass is 127. The first-order valence-corrected chi connectivity index (χ1v) is 9.99. The average Bonchev–Trinajstić information content (AvgIpc) is 2.68. The van der Waals surface area contributed by atoms with E-state index in [-0.39, 0.29) is 24.0 Å². The molecule has 27 heavy (non-hydrogen) atoms. The van der Waals surface area contributed by atoms with Gasteiger partial charge in [-0.25, -0.2) is 0 Å². The molecule has 1 aromatic rings. The van der Waals surface area contributed by atoms with Gasteiger partial charge in [-0.05, 0) is 38.7 Å². The molecule has 6 heteroatoms. The van der Waals surface area contributed by atoms with Crippen molar-refractivity contribution in [1.29, 1.82) is 0 Å². The maximum absolute atomic E-state index is 5.91. The molecule has 0 bridgehead atoms. The first-order valence-electron chi connectivity index (χ1n) is 9.99. The summed E-state index contributed by atoms with van der Waals surface area (Å²) in [5, 5.41) is 6.88. The fraction of sp³-hybridized carbons (Fsp3) is 0.667. The molecule has 0 aliphatic carbocycles. The van der Waals surface area contributed by atoms with Crippen LogP contribution in [0.4, 0.5) is 0 Å². The molecule has 0 spiro atoms.